The second kappa shape index (κ2) is 7.41. The molecule has 1 amide bonds. The monoisotopic (exact) mass is 398 g/mol. The normalized spacial score (nSPS) is 27.5. The number of nitrogens with zero attached hydrogens (tertiary/aromatic N) is 1. The highest BCUT2D eigenvalue weighted by molar-refractivity contribution is 5.70. The number of carbonyl (C=O) groups excluding carboxylic acids is 1. The minimum atomic E-state index is -0.862. The van der Waals surface area contributed by atoms with E-state index in [1.807, 2.05) is 18.2 Å². The highest BCUT2D eigenvalue weighted by Crippen LogP contribution is 2.36. The number of aryl methyl sites for hydroxylation is 1. The number of ether oxygens (including phenoxy) is 1. The number of piperidine rings is 3. The van der Waals surface area contributed by atoms with Crippen molar-refractivity contribution in [3.8, 4) is 11.1 Å². The Kier molecular flexibility index (Phi) is 4.74. The van der Waals surface area contributed by atoms with Gasteiger partial charge in [0.15, 0.2) is 11.6 Å². The molecule has 4 aliphatic rings. The average molecular weight is 398 g/mol. The topological polar surface area (TPSA) is 41.6 Å². The Bertz CT molecular complexity index is 940. The highest BCUT2D eigenvalue weighted by atomic mass is 19.2. The van der Waals surface area contributed by atoms with E-state index in [1.54, 1.807) is 6.07 Å². The quantitative estimate of drug-likeness (QED) is 0.831. The molecular weight excluding hydrogens is 374 g/mol. The van der Waals surface area contributed by atoms with Gasteiger partial charge in [-0.1, -0.05) is 24.3 Å². The van der Waals surface area contributed by atoms with Crippen molar-refractivity contribution in [2.24, 2.45) is 5.92 Å². The van der Waals surface area contributed by atoms with E-state index >= 15 is 0 Å². The van der Waals surface area contributed by atoms with Crippen LogP contribution in [0.4, 0.5) is 13.6 Å². The minimum absolute atomic E-state index is 0.0360. The van der Waals surface area contributed by atoms with E-state index in [2.05, 4.69) is 10.2 Å². The smallest absolute Gasteiger partial charge is 0.407 e. The molecule has 2 atom stereocenters. The molecule has 0 saturated carbocycles. The number of halogens is 2. The molecule has 1 unspecified atom stereocenters. The van der Waals surface area contributed by atoms with Crippen LogP contribution in [0.2, 0.25) is 0 Å². The van der Waals surface area contributed by atoms with E-state index in [9.17, 15) is 13.6 Å². The zero-order chi connectivity index (χ0) is 20.0. The Morgan fingerprint density at radius 1 is 1.10 bits per heavy atom. The molecule has 3 saturated heterocycles. The standard InChI is InChI=1S/C23H24F2N2O2/c24-19-3-1-2-17(22(19)25)16-5-4-14-6-7-20(18(14)12-16)26-23(28)29-21-13-27-10-8-15(21)9-11-27/h1-5,12,15,20-21H,6-11,13H2,(H,26,28)/t20?,21-/m1/s1. The lowest BCUT2D eigenvalue weighted by Crippen LogP contribution is -2.52. The first-order valence-corrected chi connectivity index (χ1v) is 10.3. The number of carbonyl (C=O) groups is 1. The summed E-state index contributed by atoms with van der Waals surface area (Å²) in [5.74, 6) is -1.25. The van der Waals surface area contributed by atoms with Crippen molar-refractivity contribution in [3.63, 3.8) is 0 Å². The Hall–Kier alpha value is -2.47. The molecule has 1 N–H and O–H groups in total. The molecule has 2 aromatic rings. The van der Waals surface area contributed by atoms with Crippen LogP contribution in [0.25, 0.3) is 11.1 Å². The summed E-state index contributed by atoms with van der Waals surface area (Å²) >= 11 is 0. The van der Waals surface area contributed by atoms with Crippen LogP contribution in [0.15, 0.2) is 36.4 Å². The number of benzene rings is 2. The van der Waals surface area contributed by atoms with Gasteiger partial charge in [0.25, 0.3) is 0 Å². The molecule has 4 nitrogen and oxygen atoms in total. The number of hydrogen-bond donors (Lipinski definition) is 1. The maximum absolute atomic E-state index is 14.2. The molecule has 6 heteroatoms. The fraction of sp³-hybridized carbons (Fsp3) is 0.435. The molecular formula is C23H24F2N2O2. The fourth-order valence-corrected chi connectivity index (χ4v) is 5.00. The molecule has 0 aromatic heterocycles. The van der Waals surface area contributed by atoms with E-state index in [4.69, 9.17) is 4.74 Å². The van der Waals surface area contributed by atoms with Gasteiger partial charge in [-0.15, -0.1) is 0 Å². The third kappa shape index (κ3) is 3.50. The van der Waals surface area contributed by atoms with Crippen LogP contribution in [0.1, 0.15) is 36.4 Å². The zero-order valence-corrected chi connectivity index (χ0v) is 16.2. The highest BCUT2D eigenvalue weighted by Gasteiger charge is 2.37. The van der Waals surface area contributed by atoms with Crippen LogP contribution >= 0.6 is 0 Å². The van der Waals surface area contributed by atoms with Crippen LogP contribution < -0.4 is 5.32 Å². The Balaban J connectivity index is 1.31. The Morgan fingerprint density at radius 2 is 1.93 bits per heavy atom. The summed E-state index contributed by atoms with van der Waals surface area (Å²) < 4.78 is 33.6. The van der Waals surface area contributed by atoms with Crippen LogP contribution in [0.5, 0.6) is 0 Å². The second-order valence-electron chi connectivity index (χ2n) is 8.33. The summed E-state index contributed by atoms with van der Waals surface area (Å²) in [5, 5.41) is 3.00. The van der Waals surface area contributed by atoms with Gasteiger partial charge in [-0.3, -0.25) is 4.90 Å². The molecule has 2 bridgehead atoms. The first-order valence-electron chi connectivity index (χ1n) is 10.3. The van der Waals surface area contributed by atoms with Crippen LogP contribution in [-0.2, 0) is 11.2 Å². The predicted molar refractivity (Wildman–Crippen MR) is 105 cm³/mol. The lowest BCUT2D eigenvalue weighted by atomic mass is 9.86. The number of rotatable bonds is 3. The van der Waals surface area contributed by atoms with Gasteiger partial charge >= 0.3 is 6.09 Å². The van der Waals surface area contributed by atoms with Gasteiger partial charge in [-0.2, -0.15) is 0 Å². The van der Waals surface area contributed by atoms with Gasteiger partial charge in [-0.05, 0) is 73.5 Å². The molecule has 3 aliphatic heterocycles. The number of fused-ring (bicyclic) bond motifs is 4. The molecule has 29 heavy (non-hydrogen) atoms. The summed E-state index contributed by atoms with van der Waals surface area (Å²) in [6.45, 7) is 3.02. The van der Waals surface area contributed by atoms with E-state index in [1.165, 1.54) is 6.07 Å². The van der Waals surface area contributed by atoms with Crippen LogP contribution in [0.3, 0.4) is 0 Å². The van der Waals surface area contributed by atoms with Crippen LogP contribution in [-0.4, -0.2) is 36.7 Å². The van der Waals surface area contributed by atoms with Gasteiger partial charge in [0, 0.05) is 12.1 Å². The molecule has 2 aromatic carbocycles. The van der Waals surface area contributed by atoms with Gasteiger partial charge in [0.2, 0.25) is 0 Å². The lowest BCUT2D eigenvalue weighted by molar-refractivity contribution is -0.0339. The van der Waals surface area contributed by atoms with Gasteiger partial charge in [0.05, 0.1) is 6.04 Å². The number of alkyl carbamates (subject to hydrolysis) is 1. The first-order chi connectivity index (χ1) is 14.1. The van der Waals surface area contributed by atoms with Gasteiger partial charge in [0.1, 0.15) is 6.10 Å². The third-order valence-corrected chi connectivity index (χ3v) is 6.63. The molecule has 3 fully saturated rings. The summed E-state index contributed by atoms with van der Waals surface area (Å²) in [6, 6.07) is 9.62. The van der Waals surface area contributed by atoms with E-state index in [0.29, 0.717) is 11.5 Å². The number of hydrogen-bond acceptors (Lipinski definition) is 3. The van der Waals surface area contributed by atoms with Crippen LogP contribution in [0, 0.1) is 17.6 Å². The predicted octanol–water partition coefficient (Wildman–Crippen LogP) is 4.44. The van der Waals surface area contributed by atoms with Crippen molar-refractivity contribution >= 4 is 6.09 Å². The summed E-state index contributed by atoms with van der Waals surface area (Å²) in [6.07, 6.45) is 3.38. The SMILES string of the molecule is O=C(NC1CCc2ccc(-c3cccc(F)c3F)cc21)O[C@@H]1CN2CCC1CC2. The summed E-state index contributed by atoms with van der Waals surface area (Å²) in [5.41, 5.74) is 2.92. The van der Waals surface area contributed by atoms with Crippen molar-refractivity contribution in [3.05, 3.63) is 59.2 Å². The van der Waals surface area contributed by atoms with Crippen molar-refractivity contribution in [2.75, 3.05) is 19.6 Å². The zero-order valence-electron chi connectivity index (χ0n) is 16.2. The molecule has 0 spiro atoms. The lowest BCUT2D eigenvalue weighted by Gasteiger charge is -2.43. The first kappa shape index (κ1) is 18.6. The number of amides is 1. The maximum atomic E-state index is 14.2. The van der Waals surface area contributed by atoms with Crippen molar-refractivity contribution < 1.29 is 18.3 Å². The molecule has 0 radical (unpaired) electrons. The largest absolute Gasteiger partial charge is 0.445 e. The van der Waals surface area contributed by atoms with Crippen molar-refractivity contribution in [1.29, 1.82) is 0 Å². The van der Waals surface area contributed by atoms with Gasteiger partial charge in [-0.25, -0.2) is 13.6 Å². The second-order valence-corrected chi connectivity index (χ2v) is 8.33. The summed E-state index contributed by atoms with van der Waals surface area (Å²) in [4.78, 5) is 14.9. The van der Waals surface area contributed by atoms with E-state index in [0.717, 1.165) is 62.5 Å². The molecule has 1 aliphatic carbocycles. The molecule has 6 rings (SSSR count). The Labute approximate surface area is 168 Å². The van der Waals surface area contributed by atoms with Crippen molar-refractivity contribution in [1.82, 2.24) is 10.2 Å². The van der Waals surface area contributed by atoms with Gasteiger partial charge < -0.3 is 10.1 Å². The minimum Gasteiger partial charge on any atom is -0.445 e. The van der Waals surface area contributed by atoms with E-state index in [-0.39, 0.29) is 23.8 Å². The number of nitrogens with one attached hydrogen (secondary N) is 1. The maximum Gasteiger partial charge on any atom is 0.407 e. The fourth-order valence-electron chi connectivity index (χ4n) is 5.00. The molecule has 3 heterocycles. The third-order valence-electron chi connectivity index (χ3n) is 6.63. The van der Waals surface area contributed by atoms with E-state index < -0.39 is 11.6 Å². The Morgan fingerprint density at radius 3 is 2.69 bits per heavy atom. The molecule has 152 valence electrons. The van der Waals surface area contributed by atoms with Crippen molar-refractivity contribution in [2.45, 2.75) is 37.8 Å². The summed E-state index contributed by atoms with van der Waals surface area (Å²) in [7, 11) is 0. The average Bonchev–Trinajstić information content (AvgIpc) is 3.13.